The predicted octanol–water partition coefficient (Wildman–Crippen LogP) is 8.36. The fourth-order valence-corrected chi connectivity index (χ4v) is 8.37. The van der Waals surface area contributed by atoms with Crippen LogP contribution in [0, 0.1) is 0 Å². The van der Waals surface area contributed by atoms with Crippen molar-refractivity contribution >= 4 is 81.1 Å². The molecule has 1 aliphatic rings. The van der Waals surface area contributed by atoms with E-state index in [1.165, 1.54) is 30.0 Å². The number of nitrogens with one attached hydrogen (secondary N) is 3. The highest BCUT2D eigenvalue weighted by Crippen LogP contribution is 2.41. The summed E-state index contributed by atoms with van der Waals surface area (Å²) in [6, 6.07) is 31.7. The van der Waals surface area contributed by atoms with Gasteiger partial charge in [0.2, 0.25) is 11.8 Å². The van der Waals surface area contributed by atoms with Crippen LogP contribution >= 0.6 is 34.7 Å². The summed E-state index contributed by atoms with van der Waals surface area (Å²) in [4.78, 5) is 69.7. The van der Waals surface area contributed by atoms with Gasteiger partial charge in [-0.25, -0.2) is 4.79 Å². The summed E-state index contributed by atoms with van der Waals surface area (Å²) < 4.78 is 5.40. The third kappa shape index (κ3) is 9.90. The molecule has 1 aliphatic heterocycles. The Balaban J connectivity index is 1.25. The van der Waals surface area contributed by atoms with E-state index in [9.17, 15) is 24.0 Å². The lowest BCUT2D eigenvalue weighted by molar-refractivity contribution is -0.129. The Labute approximate surface area is 331 Å². The number of carbonyl (C=O) groups excluding carboxylic acids is 5. The average Bonchev–Trinajstić information content (AvgIpc) is 3.55. The highest BCUT2D eigenvalue weighted by molar-refractivity contribution is 8.00. The maximum absolute atomic E-state index is 14.2. The Morgan fingerprint density at radius 2 is 1.62 bits per heavy atom. The molecule has 0 radical (unpaired) electrons. The van der Waals surface area contributed by atoms with Crippen molar-refractivity contribution in [1.82, 2.24) is 10.2 Å². The molecule has 1 atom stereocenters. The van der Waals surface area contributed by atoms with E-state index < -0.39 is 23.0 Å². The number of rotatable bonds is 12. The highest BCUT2D eigenvalue weighted by atomic mass is 35.5. The maximum Gasteiger partial charge on any atom is 0.341 e. The molecule has 1 unspecified atom stereocenters. The SMILES string of the molecule is CCOC(=O)c1c(NC(=O)C(Sc2cccc(NC(=O)/C(=C/c3ccc(Cl)cc3)NC(=O)c3ccccc3)c2)c2ccccc2)sc2c1CCN(C(C)=O)C2. The smallest absolute Gasteiger partial charge is 0.341 e. The van der Waals surface area contributed by atoms with E-state index in [1.54, 1.807) is 90.7 Å². The van der Waals surface area contributed by atoms with Gasteiger partial charge in [-0.2, -0.15) is 0 Å². The molecule has 3 N–H and O–H groups in total. The highest BCUT2D eigenvalue weighted by Gasteiger charge is 2.32. The van der Waals surface area contributed by atoms with Crippen molar-refractivity contribution < 1.29 is 28.7 Å². The van der Waals surface area contributed by atoms with E-state index in [0.29, 0.717) is 56.8 Å². The van der Waals surface area contributed by atoms with Gasteiger partial charge in [-0.1, -0.05) is 78.3 Å². The second-order valence-electron chi connectivity index (χ2n) is 12.4. The van der Waals surface area contributed by atoms with Gasteiger partial charge in [0.15, 0.2) is 0 Å². The van der Waals surface area contributed by atoms with Crippen molar-refractivity contribution in [3.05, 3.63) is 153 Å². The van der Waals surface area contributed by atoms with Gasteiger partial charge >= 0.3 is 5.97 Å². The van der Waals surface area contributed by atoms with Crippen LogP contribution in [0.5, 0.6) is 0 Å². The van der Waals surface area contributed by atoms with Crippen LogP contribution in [0.25, 0.3) is 6.08 Å². The number of halogens is 1. The molecule has 0 spiro atoms. The second-order valence-corrected chi connectivity index (χ2v) is 15.1. The zero-order valence-corrected chi connectivity index (χ0v) is 32.4. The van der Waals surface area contributed by atoms with Gasteiger partial charge in [-0.05, 0) is 78.6 Å². The summed E-state index contributed by atoms with van der Waals surface area (Å²) in [5, 5.41) is 8.78. The van der Waals surface area contributed by atoms with Gasteiger partial charge in [-0.3, -0.25) is 19.2 Å². The lowest BCUT2D eigenvalue weighted by atomic mass is 10.0. The minimum atomic E-state index is -0.763. The summed E-state index contributed by atoms with van der Waals surface area (Å²) in [5.74, 6) is -1.97. The normalized spacial score (nSPS) is 12.9. The number of amides is 4. The van der Waals surface area contributed by atoms with Gasteiger partial charge in [0.05, 0.1) is 18.7 Å². The summed E-state index contributed by atoms with van der Waals surface area (Å²) in [6.07, 6.45) is 2.03. The second kappa shape index (κ2) is 18.1. The molecule has 0 saturated carbocycles. The molecule has 1 aromatic heterocycles. The Morgan fingerprint density at radius 1 is 0.909 bits per heavy atom. The topological polar surface area (TPSA) is 134 Å². The Kier molecular flexibility index (Phi) is 12.8. The van der Waals surface area contributed by atoms with Gasteiger partial charge in [0.25, 0.3) is 11.8 Å². The lowest BCUT2D eigenvalue weighted by Crippen LogP contribution is -2.34. The minimum Gasteiger partial charge on any atom is -0.462 e. The number of ether oxygens (including phenoxy) is 1. The first-order valence-electron chi connectivity index (χ1n) is 17.4. The largest absolute Gasteiger partial charge is 0.462 e. The molecule has 4 amide bonds. The van der Waals surface area contributed by atoms with Gasteiger partial charge < -0.3 is 25.6 Å². The van der Waals surface area contributed by atoms with Crippen molar-refractivity contribution in [2.45, 2.75) is 37.0 Å². The predicted molar refractivity (Wildman–Crippen MR) is 217 cm³/mol. The van der Waals surface area contributed by atoms with E-state index in [2.05, 4.69) is 16.0 Å². The van der Waals surface area contributed by atoms with E-state index in [4.69, 9.17) is 16.3 Å². The quantitative estimate of drug-likeness (QED) is 0.0657. The summed E-state index contributed by atoms with van der Waals surface area (Å²) >= 11 is 8.62. The van der Waals surface area contributed by atoms with E-state index in [-0.39, 0.29) is 24.1 Å². The number of benzene rings is 4. The first-order valence-corrected chi connectivity index (χ1v) is 19.5. The van der Waals surface area contributed by atoms with E-state index in [0.717, 1.165) is 16.0 Å². The maximum atomic E-state index is 14.2. The van der Waals surface area contributed by atoms with Crippen molar-refractivity contribution in [2.24, 2.45) is 0 Å². The molecule has 10 nitrogen and oxygen atoms in total. The van der Waals surface area contributed by atoms with Crippen LogP contribution in [0.1, 0.15) is 61.4 Å². The summed E-state index contributed by atoms with van der Waals surface area (Å²) in [5.41, 5.74) is 3.31. The van der Waals surface area contributed by atoms with Crippen molar-refractivity contribution in [3.8, 4) is 0 Å². The monoisotopic (exact) mass is 792 g/mol. The third-order valence-electron chi connectivity index (χ3n) is 8.61. The standard InChI is InChI=1S/C42H37ClN4O6S2/c1-3-53-42(52)36-33-21-22-47(26(2)48)25-35(33)55-41(36)46-40(51)37(28-11-6-4-7-12-28)54-32-16-10-15-31(24-32)44-39(50)34(23-27-17-19-30(43)20-18-27)45-38(49)29-13-8-5-9-14-29/h4-20,23-24,37H,3,21-22,25H2,1-2H3,(H,44,50)(H,45,49)(H,46,51)/b34-23-. The fourth-order valence-electron chi connectivity index (χ4n) is 5.91. The van der Waals surface area contributed by atoms with Crippen LogP contribution in [0.4, 0.5) is 10.7 Å². The molecule has 280 valence electrons. The molecule has 0 aliphatic carbocycles. The zero-order valence-electron chi connectivity index (χ0n) is 30.0. The lowest BCUT2D eigenvalue weighted by Gasteiger charge is -2.25. The first kappa shape index (κ1) is 39.0. The Hall–Kier alpha value is -5.69. The van der Waals surface area contributed by atoms with Gasteiger partial charge in [-0.15, -0.1) is 23.1 Å². The molecule has 2 heterocycles. The number of hydrogen-bond acceptors (Lipinski definition) is 8. The molecule has 0 saturated heterocycles. The molecule has 0 bridgehead atoms. The molecular formula is C42H37ClN4O6S2. The van der Waals surface area contributed by atoms with Crippen LogP contribution in [0.3, 0.4) is 0 Å². The third-order valence-corrected chi connectivity index (χ3v) is 11.2. The number of hydrogen-bond donors (Lipinski definition) is 3. The Morgan fingerprint density at radius 3 is 2.31 bits per heavy atom. The fraction of sp³-hybridized carbons (Fsp3) is 0.167. The van der Waals surface area contributed by atoms with Gasteiger partial charge in [0, 0.05) is 39.5 Å². The van der Waals surface area contributed by atoms with Crippen LogP contribution in [0.2, 0.25) is 5.02 Å². The molecule has 5 aromatic rings. The van der Waals surface area contributed by atoms with Gasteiger partial charge in [0.1, 0.15) is 15.9 Å². The molecular weight excluding hydrogens is 756 g/mol. The van der Waals surface area contributed by atoms with Crippen LogP contribution in [-0.4, -0.2) is 47.6 Å². The van der Waals surface area contributed by atoms with Crippen LogP contribution in [0.15, 0.2) is 120 Å². The average molecular weight is 793 g/mol. The molecule has 13 heteroatoms. The van der Waals surface area contributed by atoms with Crippen molar-refractivity contribution in [2.75, 3.05) is 23.8 Å². The summed E-state index contributed by atoms with van der Waals surface area (Å²) in [7, 11) is 0. The number of thioether (sulfide) groups is 1. The molecule has 0 fully saturated rings. The minimum absolute atomic E-state index is 0.0123. The molecule has 6 rings (SSSR count). The zero-order chi connectivity index (χ0) is 38.9. The number of fused-ring (bicyclic) bond motifs is 1. The van der Waals surface area contributed by atoms with Crippen LogP contribution < -0.4 is 16.0 Å². The molecule has 4 aromatic carbocycles. The first-order chi connectivity index (χ1) is 26.6. The van der Waals surface area contributed by atoms with E-state index in [1.807, 2.05) is 36.4 Å². The number of esters is 1. The Bertz CT molecular complexity index is 2240. The number of nitrogens with zero attached hydrogens (tertiary/aromatic N) is 1. The molecule has 55 heavy (non-hydrogen) atoms. The summed E-state index contributed by atoms with van der Waals surface area (Å²) in [6.45, 7) is 4.22. The van der Waals surface area contributed by atoms with E-state index >= 15 is 0 Å². The van der Waals surface area contributed by atoms with Crippen molar-refractivity contribution in [1.29, 1.82) is 0 Å². The number of thiophene rings is 1. The van der Waals surface area contributed by atoms with Crippen molar-refractivity contribution in [3.63, 3.8) is 0 Å². The number of carbonyl (C=O) groups is 5. The van der Waals surface area contributed by atoms with Crippen LogP contribution in [-0.2, 0) is 32.1 Å². The number of anilines is 2.